The van der Waals surface area contributed by atoms with Crippen molar-refractivity contribution in [1.29, 1.82) is 5.26 Å². The highest BCUT2D eigenvalue weighted by Crippen LogP contribution is 2.48. The first-order chi connectivity index (χ1) is 41.9. The number of para-hydroxylation sites is 2. The van der Waals surface area contributed by atoms with Gasteiger partial charge in [-0.15, -0.1) is 0 Å². The molecule has 0 unspecified atom stereocenters. The first-order valence-electron chi connectivity index (χ1n) is 29.6. The summed E-state index contributed by atoms with van der Waals surface area (Å²) in [6.45, 7) is 13.9. The van der Waals surface area contributed by atoms with Gasteiger partial charge in [-0.1, -0.05) is 205 Å². The molecule has 0 aliphatic carbocycles. The zero-order valence-corrected chi connectivity index (χ0v) is 49.0. The third kappa shape index (κ3) is 8.85. The molecule has 0 radical (unpaired) electrons. The Balaban J connectivity index is 1.00. The van der Waals surface area contributed by atoms with E-state index >= 15 is 0 Å². The molecule has 0 amide bonds. The number of nitriles is 1. The Morgan fingerprint density at radius 2 is 0.779 bits per heavy atom. The van der Waals surface area contributed by atoms with E-state index in [2.05, 4.69) is 238 Å². The summed E-state index contributed by atoms with van der Waals surface area (Å²) in [5.74, 6) is 1.56. The minimum Gasteiger partial charge on any atom is -0.311 e. The molecule has 8 heteroatoms. The smallest absolute Gasteiger partial charge is 0.252 e. The van der Waals surface area contributed by atoms with Gasteiger partial charge in [-0.3, -0.25) is 0 Å². The lowest BCUT2D eigenvalue weighted by Gasteiger charge is -2.45. The van der Waals surface area contributed by atoms with Crippen molar-refractivity contribution in [2.24, 2.45) is 0 Å². The third-order valence-corrected chi connectivity index (χ3v) is 17.3. The molecule has 13 aromatic rings. The van der Waals surface area contributed by atoms with Crippen molar-refractivity contribution in [1.82, 2.24) is 19.5 Å². The molecule has 0 spiro atoms. The zero-order chi connectivity index (χ0) is 58.4. The maximum atomic E-state index is 10.6. The predicted octanol–water partition coefficient (Wildman–Crippen LogP) is 17.9. The van der Waals surface area contributed by atoms with E-state index < -0.39 is 0 Å². The molecule has 4 heterocycles. The molecule has 0 atom stereocenters. The average molecular weight is 1110 g/mol. The fourth-order valence-electron chi connectivity index (χ4n) is 13.0. The third-order valence-electron chi connectivity index (χ3n) is 17.3. The lowest BCUT2D eigenvalue weighted by Crippen LogP contribution is -2.61. The van der Waals surface area contributed by atoms with Gasteiger partial charge in [-0.2, -0.15) is 5.26 Å². The minimum absolute atomic E-state index is 0.0565. The molecule has 0 fully saturated rings. The second-order valence-electron chi connectivity index (χ2n) is 24.8. The molecule has 410 valence electrons. The van der Waals surface area contributed by atoms with E-state index in [1.807, 2.05) is 78.9 Å². The van der Waals surface area contributed by atoms with Gasteiger partial charge >= 0.3 is 0 Å². The van der Waals surface area contributed by atoms with Crippen LogP contribution in [0.2, 0.25) is 0 Å². The number of aromatic nitrogens is 4. The van der Waals surface area contributed by atoms with Crippen molar-refractivity contribution < 1.29 is 0 Å². The number of rotatable bonds is 8. The van der Waals surface area contributed by atoms with Crippen LogP contribution in [0.15, 0.2) is 255 Å². The second-order valence-corrected chi connectivity index (χ2v) is 24.8. The lowest BCUT2D eigenvalue weighted by molar-refractivity contribution is 0.590. The van der Waals surface area contributed by atoms with Crippen molar-refractivity contribution in [2.75, 3.05) is 9.80 Å². The van der Waals surface area contributed by atoms with Gasteiger partial charge in [0, 0.05) is 61.6 Å². The molecule has 0 bridgehead atoms. The fourth-order valence-corrected chi connectivity index (χ4v) is 13.0. The van der Waals surface area contributed by atoms with E-state index in [1.54, 1.807) is 0 Å². The normalized spacial score (nSPS) is 12.7. The first-order valence-corrected chi connectivity index (χ1v) is 29.6. The molecule has 15 rings (SSSR count). The molecule has 2 aromatic heterocycles. The molecule has 0 saturated heterocycles. The molecule has 11 aromatic carbocycles. The van der Waals surface area contributed by atoms with Crippen molar-refractivity contribution >= 4 is 79.0 Å². The molecule has 86 heavy (non-hydrogen) atoms. The number of hydrogen-bond acceptors (Lipinski definition) is 6. The van der Waals surface area contributed by atoms with E-state index in [4.69, 9.17) is 15.0 Å². The summed E-state index contributed by atoms with van der Waals surface area (Å²) in [5, 5.41) is 12.7. The number of anilines is 6. The summed E-state index contributed by atoms with van der Waals surface area (Å²) >= 11 is 0. The van der Waals surface area contributed by atoms with Crippen LogP contribution >= 0.6 is 0 Å². The number of hydrogen-bond donors (Lipinski definition) is 0. The Kier molecular flexibility index (Phi) is 12.3. The summed E-state index contributed by atoms with van der Waals surface area (Å²) in [6.07, 6.45) is 0. The highest BCUT2D eigenvalue weighted by atomic mass is 15.2. The highest BCUT2D eigenvalue weighted by molar-refractivity contribution is 7.00. The van der Waals surface area contributed by atoms with Crippen molar-refractivity contribution in [3.05, 3.63) is 271 Å². The SMILES string of the molecule is CC(C)(C)c1ccc2c(c1)B1c3cc(C(C)(C)C)ccc3N(c3ccccc3)c3cc(-c4ccc5c(c4)c4cc(-c6ccccc6)ccc4n5-c4ccc(C#N)cc4-c4nc(-c5ccccc5)nc(-c5ccccc5)n4)cc(c31)N2c1ccccc1. The minimum atomic E-state index is -0.0731. The lowest BCUT2D eigenvalue weighted by atomic mass is 9.33. The highest BCUT2D eigenvalue weighted by Gasteiger charge is 2.44. The van der Waals surface area contributed by atoms with Gasteiger partial charge in [0.1, 0.15) is 0 Å². The Hall–Kier alpha value is -10.6. The number of nitrogens with zero attached hydrogens (tertiary/aromatic N) is 7. The van der Waals surface area contributed by atoms with Gasteiger partial charge in [0.15, 0.2) is 17.5 Å². The van der Waals surface area contributed by atoms with Crippen molar-refractivity contribution in [3.63, 3.8) is 0 Å². The monoisotopic (exact) mass is 1110 g/mol. The summed E-state index contributed by atoms with van der Waals surface area (Å²) in [4.78, 5) is 20.5. The Morgan fingerprint density at radius 3 is 1.23 bits per heavy atom. The second kappa shape index (κ2) is 20.3. The van der Waals surface area contributed by atoms with Gasteiger partial charge in [0.2, 0.25) is 0 Å². The van der Waals surface area contributed by atoms with Gasteiger partial charge in [-0.05, 0) is 152 Å². The Morgan fingerprint density at radius 1 is 0.360 bits per heavy atom. The fraction of sp³-hybridized carbons (Fsp3) is 0.103. The van der Waals surface area contributed by atoms with Crippen LogP contribution < -0.4 is 26.2 Å². The Labute approximate surface area is 502 Å². The molecule has 0 saturated carbocycles. The zero-order valence-electron chi connectivity index (χ0n) is 49.0. The molecular weight excluding hydrogens is 1050 g/mol. The molecule has 7 nitrogen and oxygen atoms in total. The average Bonchev–Trinajstić information content (AvgIpc) is 0.743. The van der Waals surface area contributed by atoms with E-state index in [0.29, 0.717) is 28.6 Å². The Bertz CT molecular complexity index is 4660. The van der Waals surface area contributed by atoms with E-state index in [0.717, 1.165) is 83.6 Å². The molecular formula is C78H60BN7. The number of benzene rings is 11. The maximum Gasteiger partial charge on any atom is 0.252 e. The van der Waals surface area contributed by atoms with E-state index in [9.17, 15) is 5.26 Å². The van der Waals surface area contributed by atoms with Crippen LogP contribution in [-0.2, 0) is 10.8 Å². The summed E-state index contributed by atoms with van der Waals surface area (Å²) in [5.41, 5.74) is 23.5. The molecule has 2 aliphatic rings. The van der Waals surface area contributed by atoms with Crippen LogP contribution in [0.1, 0.15) is 58.2 Å². The van der Waals surface area contributed by atoms with Crippen molar-refractivity contribution in [3.8, 4) is 68.2 Å². The van der Waals surface area contributed by atoms with E-state index in [1.165, 1.54) is 38.9 Å². The number of fused-ring (bicyclic) bond motifs is 7. The van der Waals surface area contributed by atoms with Gasteiger partial charge in [0.25, 0.3) is 6.71 Å². The predicted molar refractivity (Wildman–Crippen MR) is 357 cm³/mol. The van der Waals surface area contributed by atoms with Crippen molar-refractivity contribution in [2.45, 2.75) is 52.4 Å². The standard InChI is InChI=1S/C78H60BN7/c1-77(2,3)57-35-40-69-64(47-57)79-65-48-58(78(4,5)6)36-41-70(65)85(60-30-20-11-21-31-60)72-46-56(45-71(73(72)79)84(69)59-28-18-10-19-29-59)55-34-39-67-62(44-55)61-43-54(51-22-12-7-13-23-51)33-38-66(61)86(67)68-37-32-50(49-80)42-63(68)76-82-74(52-24-14-8-15-25-52)81-75(83-76)53-26-16-9-17-27-53/h7-48H,1-6H3. The van der Waals surface area contributed by atoms with Gasteiger partial charge in [0.05, 0.1) is 28.4 Å². The van der Waals surface area contributed by atoms with Crippen LogP contribution in [0.25, 0.3) is 83.9 Å². The molecule has 0 N–H and O–H groups in total. The first kappa shape index (κ1) is 52.2. The largest absolute Gasteiger partial charge is 0.311 e. The van der Waals surface area contributed by atoms with Crippen LogP contribution in [-0.4, -0.2) is 26.2 Å². The maximum absolute atomic E-state index is 10.6. The van der Waals surface area contributed by atoms with Gasteiger partial charge < -0.3 is 14.4 Å². The van der Waals surface area contributed by atoms with Crippen LogP contribution in [0, 0.1) is 11.3 Å². The summed E-state index contributed by atoms with van der Waals surface area (Å²) < 4.78 is 2.33. The van der Waals surface area contributed by atoms with Crippen LogP contribution in [0.4, 0.5) is 34.1 Å². The van der Waals surface area contributed by atoms with E-state index in [-0.39, 0.29) is 17.5 Å². The topological polar surface area (TPSA) is 73.9 Å². The van der Waals surface area contributed by atoms with Crippen LogP contribution in [0.3, 0.4) is 0 Å². The van der Waals surface area contributed by atoms with Gasteiger partial charge in [-0.25, -0.2) is 15.0 Å². The molecule has 2 aliphatic heterocycles. The summed E-state index contributed by atoms with van der Waals surface area (Å²) in [7, 11) is 0. The summed E-state index contributed by atoms with van der Waals surface area (Å²) in [6, 6.07) is 93.8. The van der Waals surface area contributed by atoms with Crippen LogP contribution in [0.5, 0.6) is 0 Å². The quantitative estimate of drug-likeness (QED) is 0.141.